The molecule has 7 nitrogen and oxygen atoms in total. The smallest absolute Gasteiger partial charge is 0.191 e. The van der Waals surface area contributed by atoms with E-state index in [9.17, 15) is 0 Å². The first kappa shape index (κ1) is 23.5. The van der Waals surface area contributed by atoms with Crippen molar-refractivity contribution in [3.63, 3.8) is 0 Å². The molecule has 0 amide bonds. The van der Waals surface area contributed by atoms with Gasteiger partial charge in [0.05, 0.1) is 26.4 Å². The van der Waals surface area contributed by atoms with E-state index in [1.54, 1.807) is 0 Å². The van der Waals surface area contributed by atoms with Crippen molar-refractivity contribution >= 4 is 5.96 Å². The average Bonchev–Trinajstić information content (AvgIpc) is 2.87. The monoisotopic (exact) mass is 443 g/mol. The zero-order valence-corrected chi connectivity index (χ0v) is 19.8. The summed E-state index contributed by atoms with van der Waals surface area (Å²) in [6.45, 7) is 10.3. The van der Waals surface area contributed by atoms with E-state index in [-0.39, 0.29) is 5.54 Å². The van der Waals surface area contributed by atoms with Crippen LogP contribution in [0.1, 0.15) is 43.2 Å². The van der Waals surface area contributed by atoms with Gasteiger partial charge in [-0.2, -0.15) is 0 Å². The molecule has 2 N–H and O–H groups in total. The van der Waals surface area contributed by atoms with Crippen LogP contribution in [-0.4, -0.2) is 87.5 Å². The lowest BCUT2D eigenvalue weighted by Gasteiger charge is -2.48. The molecular formula is C25H41N5O2. The minimum Gasteiger partial charge on any atom is -0.379 e. The number of nitrogens with zero attached hydrogens (tertiary/aromatic N) is 3. The summed E-state index contributed by atoms with van der Waals surface area (Å²) < 4.78 is 11.1. The number of rotatable bonds is 7. The van der Waals surface area contributed by atoms with Gasteiger partial charge in [-0.25, -0.2) is 0 Å². The van der Waals surface area contributed by atoms with Crippen LogP contribution in [0.3, 0.4) is 0 Å². The average molecular weight is 444 g/mol. The Bertz CT molecular complexity index is 706. The summed E-state index contributed by atoms with van der Waals surface area (Å²) in [6.07, 6.45) is 6.54. The Morgan fingerprint density at radius 1 is 0.875 bits per heavy atom. The second-order valence-corrected chi connectivity index (χ2v) is 9.37. The second-order valence-electron chi connectivity index (χ2n) is 9.37. The number of nitrogens with one attached hydrogen (secondary N) is 2. The van der Waals surface area contributed by atoms with Crippen LogP contribution in [0.4, 0.5) is 0 Å². The molecule has 0 atom stereocenters. The SMILES string of the molecule is CN=C(NCc1ccc(CN2CCOCC2)cc1)NCC1(N2CCOCC2)CCCCC1. The van der Waals surface area contributed by atoms with Crippen LogP contribution in [0.2, 0.25) is 0 Å². The van der Waals surface area contributed by atoms with Gasteiger partial charge >= 0.3 is 0 Å². The highest BCUT2D eigenvalue weighted by atomic mass is 16.5. The third-order valence-electron chi connectivity index (χ3n) is 7.27. The predicted octanol–water partition coefficient (Wildman–Crippen LogP) is 2.22. The molecule has 1 saturated carbocycles. The first-order chi connectivity index (χ1) is 15.8. The summed E-state index contributed by atoms with van der Waals surface area (Å²) in [5.41, 5.74) is 2.88. The summed E-state index contributed by atoms with van der Waals surface area (Å²) in [6, 6.07) is 8.95. The maximum Gasteiger partial charge on any atom is 0.191 e. The molecule has 1 aromatic carbocycles. The molecule has 0 bridgehead atoms. The summed E-state index contributed by atoms with van der Waals surface area (Å²) >= 11 is 0. The van der Waals surface area contributed by atoms with E-state index in [1.807, 2.05) is 7.05 Å². The predicted molar refractivity (Wildman–Crippen MR) is 129 cm³/mol. The zero-order valence-electron chi connectivity index (χ0n) is 19.8. The molecule has 178 valence electrons. The minimum atomic E-state index is 0.237. The van der Waals surface area contributed by atoms with Gasteiger partial charge in [-0.3, -0.25) is 14.8 Å². The molecule has 0 spiro atoms. The summed E-state index contributed by atoms with van der Waals surface area (Å²) in [7, 11) is 1.86. The lowest BCUT2D eigenvalue weighted by Crippen LogP contribution is -2.60. The van der Waals surface area contributed by atoms with Gasteiger partial charge in [-0.15, -0.1) is 0 Å². The van der Waals surface area contributed by atoms with Crippen molar-refractivity contribution in [2.45, 2.75) is 50.7 Å². The normalized spacial score (nSPS) is 23.1. The molecule has 1 aliphatic carbocycles. The summed E-state index contributed by atoms with van der Waals surface area (Å²) in [5, 5.41) is 7.17. The van der Waals surface area contributed by atoms with Crippen LogP contribution in [0.25, 0.3) is 0 Å². The highest BCUT2D eigenvalue weighted by molar-refractivity contribution is 5.79. The van der Waals surface area contributed by atoms with Crippen molar-refractivity contribution < 1.29 is 9.47 Å². The Balaban J connectivity index is 1.26. The number of hydrogen-bond donors (Lipinski definition) is 2. The van der Waals surface area contributed by atoms with Gasteiger partial charge in [0, 0.05) is 58.4 Å². The molecule has 3 aliphatic rings. The number of hydrogen-bond acceptors (Lipinski definition) is 5. The van der Waals surface area contributed by atoms with Gasteiger partial charge in [0.15, 0.2) is 5.96 Å². The highest BCUT2D eigenvalue weighted by Crippen LogP contribution is 2.33. The molecule has 2 saturated heterocycles. The van der Waals surface area contributed by atoms with Gasteiger partial charge in [-0.1, -0.05) is 43.5 Å². The van der Waals surface area contributed by atoms with Gasteiger partial charge in [0.2, 0.25) is 0 Å². The van der Waals surface area contributed by atoms with E-state index in [4.69, 9.17) is 9.47 Å². The number of guanidine groups is 1. The van der Waals surface area contributed by atoms with E-state index >= 15 is 0 Å². The highest BCUT2D eigenvalue weighted by Gasteiger charge is 2.38. The van der Waals surface area contributed by atoms with Crippen LogP contribution in [-0.2, 0) is 22.6 Å². The van der Waals surface area contributed by atoms with Crippen LogP contribution in [0, 0.1) is 0 Å². The maximum absolute atomic E-state index is 5.61. The van der Waals surface area contributed by atoms with E-state index in [0.29, 0.717) is 0 Å². The third kappa shape index (κ3) is 6.44. The van der Waals surface area contributed by atoms with Crippen molar-refractivity contribution in [3.05, 3.63) is 35.4 Å². The van der Waals surface area contributed by atoms with E-state index < -0.39 is 0 Å². The lowest BCUT2D eigenvalue weighted by atomic mass is 9.80. The molecule has 32 heavy (non-hydrogen) atoms. The molecule has 0 aromatic heterocycles. The van der Waals surface area contributed by atoms with E-state index in [1.165, 1.54) is 43.2 Å². The van der Waals surface area contributed by atoms with Crippen LogP contribution in [0.15, 0.2) is 29.3 Å². The second kappa shape index (κ2) is 12.0. The minimum absolute atomic E-state index is 0.237. The first-order valence-electron chi connectivity index (χ1n) is 12.4. The topological polar surface area (TPSA) is 61.4 Å². The van der Waals surface area contributed by atoms with Gasteiger partial charge in [-0.05, 0) is 24.0 Å². The fraction of sp³-hybridized carbons (Fsp3) is 0.720. The Morgan fingerprint density at radius 3 is 2.16 bits per heavy atom. The van der Waals surface area contributed by atoms with Crippen LogP contribution >= 0.6 is 0 Å². The first-order valence-corrected chi connectivity index (χ1v) is 12.4. The molecule has 2 heterocycles. The molecule has 4 rings (SSSR count). The van der Waals surface area contributed by atoms with E-state index in [0.717, 1.165) is 78.2 Å². The fourth-order valence-electron chi connectivity index (χ4n) is 5.29. The molecule has 0 unspecified atom stereocenters. The summed E-state index contributed by atoms with van der Waals surface area (Å²) in [4.78, 5) is 9.62. The van der Waals surface area contributed by atoms with Crippen molar-refractivity contribution in [1.82, 2.24) is 20.4 Å². The number of aliphatic imine (C=N–C) groups is 1. The van der Waals surface area contributed by atoms with Crippen molar-refractivity contribution in [2.75, 3.05) is 66.2 Å². The largest absolute Gasteiger partial charge is 0.379 e. The van der Waals surface area contributed by atoms with Crippen LogP contribution < -0.4 is 10.6 Å². The van der Waals surface area contributed by atoms with Crippen molar-refractivity contribution in [2.24, 2.45) is 4.99 Å². The standard InChI is InChI=1S/C25H41N5O2/c1-26-24(28-21-25(9-3-2-4-10-25)30-13-17-32-18-14-30)27-19-22-5-7-23(8-6-22)20-29-11-15-31-16-12-29/h5-8H,2-4,9-21H2,1H3,(H2,26,27,28). The molecule has 2 aliphatic heterocycles. The van der Waals surface area contributed by atoms with Crippen molar-refractivity contribution in [3.8, 4) is 0 Å². The van der Waals surface area contributed by atoms with E-state index in [2.05, 4.69) is 49.7 Å². The Hall–Kier alpha value is -1.67. The Labute approximate surface area is 193 Å². The molecular weight excluding hydrogens is 402 g/mol. The molecule has 1 aromatic rings. The number of benzene rings is 1. The lowest BCUT2D eigenvalue weighted by molar-refractivity contribution is -0.0352. The van der Waals surface area contributed by atoms with Gasteiger partial charge in [0.25, 0.3) is 0 Å². The molecule has 0 radical (unpaired) electrons. The Kier molecular flexibility index (Phi) is 8.79. The number of morpholine rings is 2. The Morgan fingerprint density at radius 2 is 1.50 bits per heavy atom. The summed E-state index contributed by atoms with van der Waals surface area (Å²) in [5.74, 6) is 0.889. The van der Waals surface area contributed by atoms with Gasteiger partial charge < -0.3 is 20.1 Å². The van der Waals surface area contributed by atoms with Crippen LogP contribution in [0.5, 0.6) is 0 Å². The zero-order chi connectivity index (χ0) is 22.1. The maximum atomic E-state index is 5.61. The third-order valence-corrected chi connectivity index (χ3v) is 7.27. The fourth-order valence-corrected chi connectivity index (χ4v) is 5.29. The van der Waals surface area contributed by atoms with Gasteiger partial charge in [0.1, 0.15) is 0 Å². The molecule has 3 fully saturated rings. The van der Waals surface area contributed by atoms with Crippen molar-refractivity contribution in [1.29, 1.82) is 0 Å². The molecule has 7 heteroatoms. The number of ether oxygens (including phenoxy) is 2. The quantitative estimate of drug-likeness (QED) is 0.498.